The minimum Gasteiger partial charge on any atom is -0.334 e. The SMILES string of the molecule is Cc1nc(CN(C)C(=O)c2csc3c2CCC(C)C3)n[nH]1. The zero-order valence-corrected chi connectivity index (χ0v) is 13.5. The molecule has 0 aromatic carbocycles. The van der Waals surface area contributed by atoms with Crippen molar-refractivity contribution < 1.29 is 4.79 Å². The summed E-state index contributed by atoms with van der Waals surface area (Å²) < 4.78 is 0. The number of nitrogens with one attached hydrogen (secondary N) is 1. The summed E-state index contributed by atoms with van der Waals surface area (Å²) >= 11 is 1.73. The number of H-pyrrole nitrogens is 1. The van der Waals surface area contributed by atoms with Crippen LogP contribution in [0.4, 0.5) is 0 Å². The van der Waals surface area contributed by atoms with E-state index < -0.39 is 0 Å². The zero-order chi connectivity index (χ0) is 15.0. The molecule has 6 heteroatoms. The maximum absolute atomic E-state index is 12.6. The molecule has 1 N–H and O–H groups in total. The number of carbonyl (C=O) groups excluding carboxylic acids is 1. The molecule has 1 unspecified atom stereocenters. The fourth-order valence-corrected chi connectivity index (χ4v) is 4.04. The van der Waals surface area contributed by atoms with E-state index in [0.717, 1.165) is 30.1 Å². The van der Waals surface area contributed by atoms with Crippen LogP contribution < -0.4 is 0 Å². The van der Waals surface area contributed by atoms with E-state index in [-0.39, 0.29) is 5.91 Å². The minimum atomic E-state index is 0.0736. The highest BCUT2D eigenvalue weighted by molar-refractivity contribution is 7.10. The average Bonchev–Trinajstić information content (AvgIpc) is 3.03. The van der Waals surface area contributed by atoms with Gasteiger partial charge in [0.2, 0.25) is 0 Å². The van der Waals surface area contributed by atoms with Gasteiger partial charge in [-0.2, -0.15) is 5.10 Å². The van der Waals surface area contributed by atoms with Crippen LogP contribution in [0.1, 0.15) is 45.8 Å². The molecule has 21 heavy (non-hydrogen) atoms. The number of thiophene rings is 1. The van der Waals surface area contributed by atoms with Gasteiger partial charge in [0.25, 0.3) is 5.91 Å². The molecular formula is C15H20N4OS. The molecule has 0 bridgehead atoms. The Morgan fingerprint density at radius 2 is 2.38 bits per heavy atom. The van der Waals surface area contributed by atoms with Crippen molar-refractivity contribution in [1.29, 1.82) is 0 Å². The molecule has 2 heterocycles. The van der Waals surface area contributed by atoms with Crippen molar-refractivity contribution in [2.75, 3.05) is 7.05 Å². The van der Waals surface area contributed by atoms with Gasteiger partial charge in [0.15, 0.2) is 5.82 Å². The molecule has 112 valence electrons. The normalized spacial score (nSPS) is 17.6. The quantitative estimate of drug-likeness (QED) is 0.948. The predicted molar refractivity (Wildman–Crippen MR) is 82.4 cm³/mol. The number of carbonyl (C=O) groups is 1. The average molecular weight is 304 g/mol. The Morgan fingerprint density at radius 1 is 1.57 bits per heavy atom. The first-order chi connectivity index (χ1) is 10.0. The van der Waals surface area contributed by atoms with E-state index in [0.29, 0.717) is 12.4 Å². The highest BCUT2D eigenvalue weighted by Gasteiger charge is 2.25. The van der Waals surface area contributed by atoms with Crippen LogP contribution in [0.25, 0.3) is 0 Å². The maximum Gasteiger partial charge on any atom is 0.255 e. The number of hydrogen-bond acceptors (Lipinski definition) is 4. The second-order valence-corrected chi connectivity index (χ2v) is 6.86. The Morgan fingerprint density at radius 3 is 3.10 bits per heavy atom. The number of amides is 1. The summed E-state index contributed by atoms with van der Waals surface area (Å²) in [5.74, 6) is 2.23. The van der Waals surface area contributed by atoms with E-state index in [2.05, 4.69) is 22.1 Å². The first-order valence-corrected chi connectivity index (χ1v) is 8.15. The zero-order valence-electron chi connectivity index (χ0n) is 12.6. The summed E-state index contributed by atoms with van der Waals surface area (Å²) in [6.45, 7) is 4.57. The van der Waals surface area contributed by atoms with Crippen LogP contribution in [0.3, 0.4) is 0 Å². The summed E-state index contributed by atoms with van der Waals surface area (Å²) in [7, 11) is 1.81. The monoisotopic (exact) mass is 304 g/mol. The molecule has 1 atom stereocenters. The second-order valence-electron chi connectivity index (χ2n) is 5.90. The number of hydrogen-bond donors (Lipinski definition) is 1. The first-order valence-electron chi connectivity index (χ1n) is 7.27. The highest BCUT2D eigenvalue weighted by atomic mass is 32.1. The maximum atomic E-state index is 12.6. The van der Waals surface area contributed by atoms with E-state index in [1.54, 1.807) is 16.2 Å². The van der Waals surface area contributed by atoms with Gasteiger partial charge in [0.1, 0.15) is 5.82 Å². The summed E-state index contributed by atoms with van der Waals surface area (Å²) in [6.07, 6.45) is 3.31. The number of aromatic amines is 1. The fourth-order valence-electron chi connectivity index (χ4n) is 2.81. The molecule has 0 fully saturated rings. The van der Waals surface area contributed by atoms with Crippen molar-refractivity contribution in [3.05, 3.63) is 33.0 Å². The predicted octanol–water partition coefficient (Wildman–Crippen LogP) is 2.57. The lowest BCUT2D eigenvalue weighted by atomic mass is 9.88. The molecule has 0 radical (unpaired) electrons. The second kappa shape index (κ2) is 5.60. The Labute approximate surface area is 128 Å². The van der Waals surface area contributed by atoms with Crippen molar-refractivity contribution in [1.82, 2.24) is 20.1 Å². The van der Waals surface area contributed by atoms with Gasteiger partial charge < -0.3 is 4.90 Å². The topological polar surface area (TPSA) is 61.9 Å². The van der Waals surface area contributed by atoms with E-state index in [1.807, 2.05) is 19.4 Å². The Bertz CT molecular complexity index is 660. The summed E-state index contributed by atoms with van der Waals surface area (Å²) in [4.78, 5) is 20.0. The number of nitrogens with zero attached hydrogens (tertiary/aromatic N) is 3. The van der Waals surface area contributed by atoms with Crippen LogP contribution in [0.5, 0.6) is 0 Å². The van der Waals surface area contributed by atoms with Crippen LogP contribution in [0.15, 0.2) is 5.38 Å². The molecule has 1 aliphatic rings. The van der Waals surface area contributed by atoms with E-state index in [9.17, 15) is 4.79 Å². The van der Waals surface area contributed by atoms with E-state index in [4.69, 9.17) is 0 Å². The van der Waals surface area contributed by atoms with Crippen molar-refractivity contribution in [2.24, 2.45) is 5.92 Å². The lowest BCUT2D eigenvalue weighted by Crippen LogP contribution is -2.27. The van der Waals surface area contributed by atoms with Gasteiger partial charge in [-0.05, 0) is 37.7 Å². The lowest BCUT2D eigenvalue weighted by Gasteiger charge is -2.20. The Kier molecular flexibility index (Phi) is 3.80. The molecular weight excluding hydrogens is 284 g/mol. The first kappa shape index (κ1) is 14.3. The van der Waals surface area contributed by atoms with Gasteiger partial charge in [-0.25, -0.2) is 4.98 Å². The third kappa shape index (κ3) is 2.85. The fraction of sp³-hybridized carbons (Fsp3) is 0.533. The summed E-state index contributed by atoms with van der Waals surface area (Å²) in [5.41, 5.74) is 2.14. The Hall–Kier alpha value is -1.69. The van der Waals surface area contributed by atoms with Crippen molar-refractivity contribution in [3.8, 4) is 0 Å². The van der Waals surface area contributed by atoms with Gasteiger partial charge in [-0.3, -0.25) is 9.89 Å². The third-order valence-corrected chi connectivity index (χ3v) is 5.05. The smallest absolute Gasteiger partial charge is 0.255 e. The highest BCUT2D eigenvalue weighted by Crippen LogP contribution is 2.33. The van der Waals surface area contributed by atoms with Crippen LogP contribution in [-0.4, -0.2) is 33.0 Å². The van der Waals surface area contributed by atoms with Crippen molar-refractivity contribution >= 4 is 17.2 Å². The van der Waals surface area contributed by atoms with Gasteiger partial charge in [-0.15, -0.1) is 11.3 Å². The summed E-state index contributed by atoms with van der Waals surface area (Å²) in [6, 6.07) is 0. The molecule has 3 rings (SSSR count). The van der Waals surface area contributed by atoms with Gasteiger partial charge in [-0.1, -0.05) is 6.92 Å². The van der Waals surface area contributed by atoms with E-state index >= 15 is 0 Å². The minimum absolute atomic E-state index is 0.0736. The molecule has 2 aromatic rings. The molecule has 1 aliphatic carbocycles. The molecule has 0 saturated heterocycles. The molecule has 1 amide bonds. The molecule has 5 nitrogen and oxygen atoms in total. The number of rotatable bonds is 3. The standard InChI is InChI=1S/C15H20N4OS/c1-9-4-5-11-12(8-21-13(11)6-9)15(20)19(3)7-14-16-10(2)17-18-14/h8-9H,4-7H2,1-3H3,(H,16,17,18). The molecule has 0 aliphatic heterocycles. The number of fused-ring (bicyclic) bond motifs is 1. The van der Waals surface area contributed by atoms with Crippen molar-refractivity contribution in [2.45, 2.75) is 39.7 Å². The molecule has 2 aromatic heterocycles. The lowest BCUT2D eigenvalue weighted by molar-refractivity contribution is 0.0780. The van der Waals surface area contributed by atoms with Gasteiger partial charge in [0, 0.05) is 17.3 Å². The molecule has 0 saturated carbocycles. The van der Waals surface area contributed by atoms with E-state index in [1.165, 1.54) is 16.9 Å². The van der Waals surface area contributed by atoms with Gasteiger partial charge >= 0.3 is 0 Å². The molecule has 0 spiro atoms. The Balaban J connectivity index is 1.76. The van der Waals surface area contributed by atoms with Crippen LogP contribution in [0, 0.1) is 12.8 Å². The third-order valence-electron chi connectivity index (χ3n) is 4.00. The summed E-state index contributed by atoms with van der Waals surface area (Å²) in [5, 5.41) is 8.91. The van der Waals surface area contributed by atoms with Gasteiger partial charge in [0.05, 0.1) is 12.1 Å². The van der Waals surface area contributed by atoms with Crippen molar-refractivity contribution in [3.63, 3.8) is 0 Å². The number of aryl methyl sites for hydroxylation is 1. The van der Waals surface area contributed by atoms with Crippen LogP contribution in [0.2, 0.25) is 0 Å². The largest absolute Gasteiger partial charge is 0.334 e. The number of aromatic nitrogens is 3. The van der Waals surface area contributed by atoms with Crippen LogP contribution in [-0.2, 0) is 19.4 Å². The van der Waals surface area contributed by atoms with Crippen LogP contribution >= 0.6 is 11.3 Å².